The lowest BCUT2D eigenvalue weighted by molar-refractivity contribution is -0.123. The second-order valence-corrected chi connectivity index (χ2v) is 4.61. The first kappa shape index (κ1) is 16.9. The first-order valence-electron chi connectivity index (χ1n) is 6.77. The van der Waals surface area contributed by atoms with Crippen LogP contribution in [0.4, 0.5) is 14.9 Å². The largest absolute Gasteiger partial charge is 0.508 e. The van der Waals surface area contributed by atoms with Crippen LogP contribution in [0.2, 0.25) is 0 Å². The van der Waals surface area contributed by atoms with Gasteiger partial charge in [-0.3, -0.25) is 10.1 Å². The minimum Gasteiger partial charge on any atom is -0.508 e. The maximum atomic E-state index is 13.3. The van der Waals surface area contributed by atoms with Crippen LogP contribution in [0.3, 0.4) is 0 Å². The minimum atomic E-state index is -0.960. The Hall–Kier alpha value is -3.42. The fourth-order valence-corrected chi connectivity index (χ4v) is 1.73. The van der Waals surface area contributed by atoms with Crippen molar-refractivity contribution in [3.63, 3.8) is 0 Å². The van der Waals surface area contributed by atoms with Gasteiger partial charge in [0.2, 0.25) is 0 Å². The molecule has 24 heavy (non-hydrogen) atoms. The number of ether oxygens (including phenoxy) is 1. The third-order valence-electron chi connectivity index (χ3n) is 2.79. The van der Waals surface area contributed by atoms with Crippen LogP contribution in [-0.2, 0) is 9.53 Å². The fraction of sp³-hybridized carbons (Fsp3) is 0.0625. The second-order valence-electron chi connectivity index (χ2n) is 4.61. The van der Waals surface area contributed by atoms with E-state index in [1.165, 1.54) is 42.5 Å². The monoisotopic (exact) mass is 332 g/mol. The molecule has 0 fully saturated rings. The van der Waals surface area contributed by atoms with Crippen molar-refractivity contribution in [2.24, 2.45) is 0 Å². The lowest BCUT2D eigenvalue weighted by atomic mass is 10.2. The topological polar surface area (TPSA) is 105 Å². The summed E-state index contributed by atoms with van der Waals surface area (Å²) in [4.78, 5) is 34.7. The Labute approximate surface area is 136 Å². The first-order chi connectivity index (χ1) is 11.5. The molecular formula is C16H13FN2O5. The van der Waals surface area contributed by atoms with Gasteiger partial charge in [0, 0.05) is 0 Å². The first-order valence-corrected chi connectivity index (χ1v) is 6.77. The van der Waals surface area contributed by atoms with Gasteiger partial charge in [-0.1, -0.05) is 18.2 Å². The molecule has 0 aliphatic rings. The van der Waals surface area contributed by atoms with Crippen LogP contribution in [0.1, 0.15) is 10.4 Å². The van der Waals surface area contributed by atoms with Crippen molar-refractivity contribution in [3.8, 4) is 5.75 Å². The molecule has 0 unspecified atom stereocenters. The molecule has 124 valence electrons. The Kier molecular flexibility index (Phi) is 5.45. The van der Waals surface area contributed by atoms with Gasteiger partial charge in [0.1, 0.15) is 11.6 Å². The molecule has 3 N–H and O–H groups in total. The Morgan fingerprint density at radius 2 is 1.83 bits per heavy atom. The highest BCUT2D eigenvalue weighted by atomic mass is 19.1. The van der Waals surface area contributed by atoms with Gasteiger partial charge < -0.3 is 15.2 Å². The van der Waals surface area contributed by atoms with Crippen molar-refractivity contribution < 1.29 is 28.6 Å². The number of phenols is 1. The van der Waals surface area contributed by atoms with E-state index < -0.39 is 30.3 Å². The third kappa shape index (κ3) is 4.80. The number of carbonyl (C=O) groups excluding carboxylic acids is 3. The zero-order chi connectivity index (χ0) is 17.5. The van der Waals surface area contributed by atoms with Gasteiger partial charge in [0.25, 0.3) is 5.91 Å². The number of hydrogen-bond donors (Lipinski definition) is 3. The van der Waals surface area contributed by atoms with Crippen molar-refractivity contribution in [1.29, 1.82) is 0 Å². The lowest BCUT2D eigenvalue weighted by Crippen LogP contribution is -2.37. The molecule has 0 atom stereocenters. The number of carbonyl (C=O) groups is 3. The van der Waals surface area contributed by atoms with Crippen molar-refractivity contribution in [2.45, 2.75) is 0 Å². The zero-order valence-corrected chi connectivity index (χ0v) is 12.3. The molecule has 8 heteroatoms. The molecule has 2 aromatic carbocycles. The van der Waals surface area contributed by atoms with E-state index in [0.29, 0.717) is 0 Å². The maximum absolute atomic E-state index is 13.3. The molecule has 0 aromatic heterocycles. The Morgan fingerprint density at radius 3 is 2.54 bits per heavy atom. The van der Waals surface area contributed by atoms with Crippen LogP contribution >= 0.6 is 0 Å². The van der Waals surface area contributed by atoms with Crippen LogP contribution in [0.5, 0.6) is 5.75 Å². The Bertz CT molecular complexity index is 779. The SMILES string of the molecule is O=C(COC(=O)c1cccc(O)c1)NC(=O)Nc1ccccc1F. The number of esters is 1. The smallest absolute Gasteiger partial charge is 0.338 e. The number of rotatable bonds is 4. The number of phenolic OH excluding ortho intramolecular Hbond substituents is 1. The fourth-order valence-electron chi connectivity index (χ4n) is 1.73. The predicted octanol–water partition coefficient (Wildman–Crippen LogP) is 2.04. The highest BCUT2D eigenvalue weighted by Crippen LogP contribution is 2.12. The number of hydrogen-bond acceptors (Lipinski definition) is 5. The van der Waals surface area contributed by atoms with E-state index in [2.05, 4.69) is 5.32 Å². The standard InChI is InChI=1S/C16H13FN2O5/c17-12-6-1-2-7-13(12)18-16(23)19-14(21)9-24-15(22)10-4-3-5-11(20)8-10/h1-8,20H,9H2,(H2,18,19,21,23). The highest BCUT2D eigenvalue weighted by molar-refractivity contribution is 6.02. The molecule has 0 bridgehead atoms. The average Bonchev–Trinajstić information content (AvgIpc) is 2.54. The van der Waals surface area contributed by atoms with Crippen LogP contribution in [0.15, 0.2) is 48.5 Å². The molecule has 0 radical (unpaired) electrons. The summed E-state index contributed by atoms with van der Waals surface area (Å²) < 4.78 is 18.0. The average molecular weight is 332 g/mol. The van der Waals surface area contributed by atoms with Crippen LogP contribution in [-0.4, -0.2) is 29.6 Å². The summed E-state index contributed by atoms with van der Waals surface area (Å²) in [5.41, 5.74) is -0.0434. The molecule has 0 aliphatic carbocycles. The summed E-state index contributed by atoms with van der Waals surface area (Å²) in [7, 11) is 0. The van der Waals surface area contributed by atoms with Crippen molar-refractivity contribution in [3.05, 3.63) is 59.9 Å². The molecule has 0 heterocycles. The van der Waals surface area contributed by atoms with E-state index in [-0.39, 0.29) is 17.0 Å². The molecule has 0 saturated heterocycles. The van der Waals surface area contributed by atoms with E-state index in [1.54, 1.807) is 0 Å². The number of halogens is 1. The van der Waals surface area contributed by atoms with E-state index in [9.17, 15) is 23.9 Å². The van der Waals surface area contributed by atoms with Crippen LogP contribution in [0.25, 0.3) is 0 Å². The number of para-hydroxylation sites is 1. The molecule has 0 aliphatic heterocycles. The number of benzene rings is 2. The van der Waals surface area contributed by atoms with Crippen molar-refractivity contribution in [1.82, 2.24) is 5.32 Å². The minimum absolute atomic E-state index is 0.0543. The number of aromatic hydroxyl groups is 1. The van der Waals surface area contributed by atoms with Crippen molar-refractivity contribution in [2.75, 3.05) is 11.9 Å². The molecule has 0 saturated carbocycles. The molecule has 2 rings (SSSR count). The Balaban J connectivity index is 1.82. The lowest BCUT2D eigenvalue weighted by Gasteiger charge is -2.08. The third-order valence-corrected chi connectivity index (χ3v) is 2.79. The molecular weight excluding hydrogens is 319 g/mol. The summed E-state index contributed by atoms with van der Waals surface area (Å²) in [6, 6.07) is 9.84. The van der Waals surface area contributed by atoms with E-state index in [1.807, 2.05) is 5.32 Å². The normalized spacial score (nSPS) is 9.88. The molecule has 7 nitrogen and oxygen atoms in total. The molecule has 2 aromatic rings. The molecule has 0 spiro atoms. The molecule has 3 amide bonds. The van der Waals surface area contributed by atoms with Gasteiger partial charge in [-0.2, -0.15) is 0 Å². The van der Waals surface area contributed by atoms with E-state index in [0.717, 1.165) is 6.07 Å². The van der Waals surface area contributed by atoms with Crippen LogP contribution < -0.4 is 10.6 Å². The highest BCUT2D eigenvalue weighted by Gasteiger charge is 2.13. The zero-order valence-electron chi connectivity index (χ0n) is 12.3. The van der Waals surface area contributed by atoms with Crippen LogP contribution in [0, 0.1) is 5.82 Å². The quantitative estimate of drug-likeness (QED) is 0.743. The van der Waals surface area contributed by atoms with Gasteiger partial charge in [0.15, 0.2) is 6.61 Å². The van der Waals surface area contributed by atoms with Gasteiger partial charge in [-0.15, -0.1) is 0 Å². The number of nitrogens with one attached hydrogen (secondary N) is 2. The number of anilines is 1. The predicted molar refractivity (Wildman–Crippen MR) is 82.0 cm³/mol. The van der Waals surface area contributed by atoms with E-state index >= 15 is 0 Å². The summed E-state index contributed by atoms with van der Waals surface area (Å²) in [6.45, 7) is -0.709. The van der Waals surface area contributed by atoms with Gasteiger partial charge in [-0.25, -0.2) is 14.0 Å². The summed E-state index contributed by atoms with van der Waals surface area (Å²) >= 11 is 0. The summed E-state index contributed by atoms with van der Waals surface area (Å²) in [5, 5.41) is 13.3. The number of imide groups is 1. The number of urea groups is 1. The second kappa shape index (κ2) is 7.73. The van der Waals surface area contributed by atoms with Gasteiger partial charge in [0.05, 0.1) is 11.3 Å². The summed E-state index contributed by atoms with van der Waals surface area (Å²) in [6.07, 6.45) is 0. The van der Waals surface area contributed by atoms with Gasteiger partial charge >= 0.3 is 12.0 Å². The van der Waals surface area contributed by atoms with Crippen molar-refractivity contribution >= 4 is 23.6 Å². The Morgan fingerprint density at radius 1 is 1.08 bits per heavy atom. The summed E-state index contributed by atoms with van der Waals surface area (Å²) in [5.74, 6) is -2.51. The maximum Gasteiger partial charge on any atom is 0.338 e. The number of amides is 3. The van der Waals surface area contributed by atoms with Gasteiger partial charge in [-0.05, 0) is 30.3 Å². The van der Waals surface area contributed by atoms with E-state index in [4.69, 9.17) is 4.74 Å².